The molecule has 5 nitrogen and oxygen atoms in total. The Bertz CT molecular complexity index is 886. The third-order valence-electron chi connectivity index (χ3n) is 4.16. The van der Waals surface area contributed by atoms with Gasteiger partial charge in [-0.05, 0) is 12.3 Å². The summed E-state index contributed by atoms with van der Waals surface area (Å²) in [6, 6.07) is 7.09. The van der Waals surface area contributed by atoms with Crippen LogP contribution in [0.1, 0.15) is 24.1 Å². The molecule has 0 radical (unpaired) electrons. The molecule has 0 fully saturated rings. The largest absolute Gasteiger partial charge is 0.493 e. The number of aromatic nitrogens is 2. The molecular weight excluding hydrogens is 393 g/mol. The molecule has 1 heterocycles. The van der Waals surface area contributed by atoms with Crippen LogP contribution in [0.3, 0.4) is 0 Å². The zero-order valence-corrected chi connectivity index (χ0v) is 16.4. The molecule has 28 heavy (non-hydrogen) atoms. The van der Waals surface area contributed by atoms with E-state index in [-0.39, 0.29) is 17.7 Å². The van der Waals surface area contributed by atoms with Gasteiger partial charge in [0.05, 0.1) is 19.0 Å². The van der Waals surface area contributed by atoms with Crippen molar-refractivity contribution in [3.63, 3.8) is 0 Å². The zero-order valence-electron chi connectivity index (χ0n) is 15.7. The van der Waals surface area contributed by atoms with Crippen molar-refractivity contribution in [1.82, 2.24) is 9.55 Å². The molecular formula is C19H20ClF3N4O. The quantitative estimate of drug-likeness (QED) is 0.277. The molecule has 0 bridgehead atoms. The number of imidazole rings is 1. The summed E-state index contributed by atoms with van der Waals surface area (Å²) in [5.74, 6) is 0.480. The highest BCUT2D eigenvalue weighted by molar-refractivity contribution is 6.19. The Morgan fingerprint density at radius 2 is 2.00 bits per heavy atom. The first-order valence-corrected chi connectivity index (χ1v) is 8.78. The van der Waals surface area contributed by atoms with Gasteiger partial charge in [-0.15, -0.1) is 11.6 Å². The lowest BCUT2D eigenvalue weighted by Crippen LogP contribution is -2.14. The third kappa shape index (κ3) is 4.81. The highest BCUT2D eigenvalue weighted by Gasteiger charge is 2.34. The van der Waals surface area contributed by atoms with Crippen LogP contribution in [0.5, 0.6) is 0 Å². The number of aryl methyl sites for hydroxylation is 1. The standard InChI is InChI=1S/C19H20ClF3N4O/c1-12(17(25-11-20)15(28-4)9-24-2)13-5-7-14(8-6-13)18-26-16(10-27(18)3)19(21,22)23/h5-10,12H,2,11H2,1,3-4H3/b15-9+,25-17-. The number of halogens is 4. The van der Waals surface area contributed by atoms with E-state index >= 15 is 0 Å². The van der Waals surface area contributed by atoms with Crippen molar-refractivity contribution in [3.05, 3.63) is 53.7 Å². The molecule has 2 rings (SSSR count). The van der Waals surface area contributed by atoms with Gasteiger partial charge >= 0.3 is 6.18 Å². The van der Waals surface area contributed by atoms with Gasteiger partial charge < -0.3 is 9.30 Å². The van der Waals surface area contributed by atoms with Gasteiger partial charge in [-0.3, -0.25) is 9.98 Å². The molecule has 0 saturated carbocycles. The predicted octanol–water partition coefficient (Wildman–Crippen LogP) is 5.04. The van der Waals surface area contributed by atoms with E-state index in [0.717, 1.165) is 11.8 Å². The average Bonchev–Trinajstić information content (AvgIpc) is 3.06. The lowest BCUT2D eigenvalue weighted by molar-refractivity contribution is -0.140. The summed E-state index contributed by atoms with van der Waals surface area (Å²) in [6.45, 7) is 5.33. The van der Waals surface area contributed by atoms with E-state index in [1.165, 1.54) is 24.9 Å². The maximum atomic E-state index is 12.9. The van der Waals surface area contributed by atoms with Crippen LogP contribution >= 0.6 is 11.6 Å². The smallest absolute Gasteiger partial charge is 0.434 e. The van der Waals surface area contributed by atoms with Gasteiger partial charge in [-0.1, -0.05) is 31.2 Å². The third-order valence-corrected chi connectivity index (χ3v) is 4.28. The molecule has 0 amide bonds. The first kappa shape index (κ1) is 21.7. The van der Waals surface area contributed by atoms with Gasteiger partial charge in [-0.25, -0.2) is 4.98 Å². The molecule has 0 N–H and O–H groups in total. The Morgan fingerprint density at radius 3 is 2.46 bits per heavy atom. The van der Waals surface area contributed by atoms with Crippen molar-refractivity contribution in [3.8, 4) is 11.4 Å². The Kier molecular flexibility index (Phi) is 7.01. The molecule has 1 aromatic heterocycles. The van der Waals surface area contributed by atoms with Crippen LogP contribution in [0.2, 0.25) is 0 Å². The number of methoxy groups -OCH3 is 1. The highest BCUT2D eigenvalue weighted by Crippen LogP contribution is 2.31. The van der Waals surface area contributed by atoms with Crippen LogP contribution in [-0.4, -0.2) is 35.1 Å². The van der Waals surface area contributed by atoms with Crippen molar-refractivity contribution in [1.29, 1.82) is 0 Å². The van der Waals surface area contributed by atoms with Crippen molar-refractivity contribution in [2.45, 2.75) is 19.0 Å². The molecule has 0 aliphatic heterocycles. The molecule has 1 unspecified atom stereocenters. The Balaban J connectivity index is 2.36. The molecule has 1 aromatic carbocycles. The molecule has 0 spiro atoms. The van der Waals surface area contributed by atoms with Gasteiger partial charge in [0, 0.05) is 24.7 Å². The van der Waals surface area contributed by atoms with Crippen molar-refractivity contribution in [2.75, 3.05) is 13.1 Å². The van der Waals surface area contributed by atoms with Crippen LogP contribution in [-0.2, 0) is 18.0 Å². The summed E-state index contributed by atoms with van der Waals surface area (Å²) >= 11 is 5.77. The number of allylic oxidation sites excluding steroid dienone is 1. The second-order valence-corrected chi connectivity index (χ2v) is 6.18. The molecule has 150 valence electrons. The van der Waals surface area contributed by atoms with E-state index in [4.69, 9.17) is 16.3 Å². The van der Waals surface area contributed by atoms with Crippen LogP contribution in [0.25, 0.3) is 11.4 Å². The number of aliphatic imine (C=N–C) groups is 2. The van der Waals surface area contributed by atoms with E-state index in [0.29, 0.717) is 17.0 Å². The normalized spacial score (nSPS) is 14.1. The molecule has 9 heteroatoms. The van der Waals surface area contributed by atoms with Crippen LogP contribution < -0.4 is 0 Å². The fraction of sp³-hybridized carbons (Fsp3) is 0.316. The van der Waals surface area contributed by atoms with E-state index < -0.39 is 11.9 Å². The van der Waals surface area contributed by atoms with E-state index in [1.807, 2.05) is 6.92 Å². The zero-order chi connectivity index (χ0) is 20.9. The van der Waals surface area contributed by atoms with E-state index in [2.05, 4.69) is 21.7 Å². The topological polar surface area (TPSA) is 51.8 Å². The van der Waals surface area contributed by atoms with Gasteiger partial charge in [0.25, 0.3) is 0 Å². The molecule has 0 saturated heterocycles. The predicted molar refractivity (Wildman–Crippen MR) is 105 cm³/mol. The minimum Gasteiger partial charge on any atom is -0.493 e. The lowest BCUT2D eigenvalue weighted by Gasteiger charge is -2.17. The summed E-state index contributed by atoms with van der Waals surface area (Å²) in [6.07, 6.45) is -2.07. The van der Waals surface area contributed by atoms with Crippen molar-refractivity contribution in [2.24, 2.45) is 17.0 Å². The van der Waals surface area contributed by atoms with E-state index in [1.54, 1.807) is 24.3 Å². The minimum atomic E-state index is -4.49. The monoisotopic (exact) mass is 412 g/mol. The first-order valence-electron chi connectivity index (χ1n) is 8.24. The number of hydrogen-bond acceptors (Lipinski definition) is 4. The number of rotatable bonds is 7. The molecule has 0 aliphatic rings. The summed E-state index contributed by atoms with van der Waals surface area (Å²) in [4.78, 5) is 11.7. The molecule has 0 aliphatic carbocycles. The van der Waals surface area contributed by atoms with Gasteiger partial charge in [0.15, 0.2) is 11.5 Å². The second-order valence-electron chi connectivity index (χ2n) is 5.95. The Hall–Kier alpha value is -2.61. The van der Waals surface area contributed by atoms with Gasteiger partial charge in [0.2, 0.25) is 0 Å². The highest BCUT2D eigenvalue weighted by atomic mass is 35.5. The summed E-state index contributed by atoms with van der Waals surface area (Å²) in [7, 11) is 3.02. The maximum Gasteiger partial charge on any atom is 0.434 e. The fourth-order valence-corrected chi connectivity index (χ4v) is 2.88. The molecule has 2 aromatic rings. The van der Waals surface area contributed by atoms with E-state index in [9.17, 15) is 13.2 Å². The summed E-state index contributed by atoms with van der Waals surface area (Å²) < 4.78 is 45.3. The Morgan fingerprint density at radius 1 is 1.36 bits per heavy atom. The summed E-state index contributed by atoms with van der Waals surface area (Å²) in [5, 5.41) is 0. The lowest BCUT2D eigenvalue weighted by atomic mass is 9.94. The summed E-state index contributed by atoms with van der Waals surface area (Å²) in [5.41, 5.74) is 1.12. The SMILES string of the molecule is C=N/C=C(OC)\C(=N/CCl)C(C)c1ccc(-c2nc(C(F)(F)F)cn2C)cc1. The number of ether oxygens (including phenoxy) is 1. The van der Waals surface area contributed by atoms with Crippen molar-refractivity contribution >= 4 is 24.0 Å². The minimum absolute atomic E-state index is 0.0447. The Labute approximate surface area is 166 Å². The number of nitrogens with zero attached hydrogens (tertiary/aromatic N) is 4. The van der Waals surface area contributed by atoms with Crippen molar-refractivity contribution < 1.29 is 17.9 Å². The number of benzene rings is 1. The van der Waals surface area contributed by atoms with Gasteiger partial charge in [0.1, 0.15) is 11.8 Å². The average molecular weight is 413 g/mol. The molecule has 1 atom stereocenters. The second kappa shape index (κ2) is 9.05. The van der Waals surface area contributed by atoms with Crippen LogP contribution in [0, 0.1) is 0 Å². The number of hydrogen-bond donors (Lipinski definition) is 0. The number of alkyl halides is 4. The maximum absolute atomic E-state index is 12.9. The van der Waals surface area contributed by atoms with Crippen LogP contribution in [0.15, 0.2) is 52.4 Å². The van der Waals surface area contributed by atoms with Crippen LogP contribution in [0.4, 0.5) is 13.2 Å². The first-order chi connectivity index (χ1) is 13.2. The fourth-order valence-electron chi connectivity index (χ4n) is 2.75. The van der Waals surface area contributed by atoms with Gasteiger partial charge in [-0.2, -0.15) is 13.2 Å².